The first-order valence-electron chi connectivity index (χ1n) is 19.8. The normalized spacial score (nSPS) is 27.5. The van der Waals surface area contributed by atoms with Crippen molar-refractivity contribution in [2.75, 3.05) is 4.90 Å². The smallest absolute Gasteiger partial charge is 0.135 e. The second-order valence-electron chi connectivity index (χ2n) is 16.2. The molecule has 1 saturated carbocycles. The van der Waals surface area contributed by atoms with Gasteiger partial charge in [-0.1, -0.05) is 129 Å². The third-order valence-electron chi connectivity index (χ3n) is 13.6. The van der Waals surface area contributed by atoms with Gasteiger partial charge in [0.2, 0.25) is 0 Å². The first-order valence-corrected chi connectivity index (χ1v) is 19.8. The van der Waals surface area contributed by atoms with E-state index in [1.807, 2.05) is 12.3 Å². The highest BCUT2D eigenvalue weighted by Crippen LogP contribution is 2.65. The number of fused-ring (bicyclic) bond motifs is 11. The Kier molecular flexibility index (Phi) is 7.21. The minimum Gasteiger partial charge on any atom is -0.457 e. The predicted molar refractivity (Wildman–Crippen MR) is 218 cm³/mol. The third kappa shape index (κ3) is 4.46. The zero-order chi connectivity index (χ0) is 36.0. The van der Waals surface area contributed by atoms with E-state index >= 15 is 0 Å². The molecular formula is C50H44N2O2. The Morgan fingerprint density at radius 1 is 0.648 bits per heavy atom. The van der Waals surface area contributed by atoms with Gasteiger partial charge in [0.1, 0.15) is 23.0 Å². The molecule has 7 atom stereocenters. The van der Waals surface area contributed by atoms with Crippen LogP contribution in [0.3, 0.4) is 0 Å². The molecule has 4 nitrogen and oxygen atoms in total. The number of hydrogen-bond donors (Lipinski definition) is 0. The van der Waals surface area contributed by atoms with Crippen molar-refractivity contribution in [1.29, 1.82) is 0 Å². The molecule has 5 aromatic rings. The van der Waals surface area contributed by atoms with E-state index in [1.165, 1.54) is 34.4 Å². The Hall–Kier alpha value is -5.61. The van der Waals surface area contributed by atoms with E-state index < -0.39 is 5.41 Å². The second kappa shape index (κ2) is 12.2. The molecule has 4 aliphatic heterocycles. The van der Waals surface area contributed by atoms with E-state index in [2.05, 4.69) is 158 Å². The number of allylic oxidation sites excluding steroid dienone is 3. The lowest BCUT2D eigenvalue weighted by Gasteiger charge is -2.49. The van der Waals surface area contributed by atoms with E-state index in [9.17, 15) is 0 Å². The SMILES string of the molecule is CC1CC2C(c3ccccc3N2C2C=CC=CC2)C(c2cccc3c2Oc2cc(C4CC=CC=N4)ccc2C32c3ccccc3Oc3ccccc32)C1C. The molecule has 7 unspecified atom stereocenters. The summed E-state index contributed by atoms with van der Waals surface area (Å²) in [5.74, 6) is 5.25. The van der Waals surface area contributed by atoms with Crippen molar-refractivity contribution in [3.05, 3.63) is 185 Å². The topological polar surface area (TPSA) is 34.1 Å². The van der Waals surface area contributed by atoms with Crippen LogP contribution in [0.2, 0.25) is 0 Å². The van der Waals surface area contributed by atoms with Gasteiger partial charge in [-0.3, -0.25) is 4.99 Å². The van der Waals surface area contributed by atoms with Gasteiger partial charge >= 0.3 is 0 Å². The van der Waals surface area contributed by atoms with Gasteiger partial charge in [0.05, 0.1) is 17.5 Å². The van der Waals surface area contributed by atoms with E-state index in [0.29, 0.717) is 29.8 Å². The third-order valence-corrected chi connectivity index (χ3v) is 13.6. The van der Waals surface area contributed by atoms with Crippen LogP contribution in [0, 0.1) is 11.8 Å². The summed E-state index contributed by atoms with van der Waals surface area (Å²) >= 11 is 0. The number of rotatable bonds is 3. The van der Waals surface area contributed by atoms with Crippen LogP contribution < -0.4 is 14.4 Å². The molecule has 2 aliphatic carbocycles. The van der Waals surface area contributed by atoms with Crippen LogP contribution in [0.4, 0.5) is 5.69 Å². The first-order chi connectivity index (χ1) is 26.6. The van der Waals surface area contributed by atoms with Crippen molar-refractivity contribution >= 4 is 11.9 Å². The van der Waals surface area contributed by atoms with Gasteiger partial charge in [-0.05, 0) is 84.0 Å². The summed E-state index contributed by atoms with van der Waals surface area (Å²) in [5, 5.41) is 0. The van der Waals surface area contributed by atoms with Crippen LogP contribution in [-0.2, 0) is 5.41 Å². The minimum atomic E-state index is -0.638. The van der Waals surface area contributed by atoms with Gasteiger partial charge in [-0.2, -0.15) is 0 Å². The quantitative estimate of drug-likeness (QED) is 0.184. The monoisotopic (exact) mass is 704 g/mol. The van der Waals surface area contributed by atoms with Crippen LogP contribution in [0.1, 0.15) is 89.9 Å². The maximum absolute atomic E-state index is 7.47. The number of para-hydroxylation sites is 4. The zero-order valence-electron chi connectivity index (χ0n) is 30.8. The summed E-state index contributed by atoms with van der Waals surface area (Å²) in [7, 11) is 0. The molecule has 0 amide bonds. The summed E-state index contributed by atoms with van der Waals surface area (Å²) in [6, 6.07) is 41.2. The largest absolute Gasteiger partial charge is 0.457 e. The van der Waals surface area contributed by atoms with Gasteiger partial charge in [0.15, 0.2) is 0 Å². The Morgan fingerprint density at radius 2 is 1.37 bits per heavy atom. The molecule has 266 valence electrons. The van der Waals surface area contributed by atoms with Gasteiger partial charge in [0.25, 0.3) is 0 Å². The maximum Gasteiger partial charge on any atom is 0.135 e. The molecule has 5 aromatic carbocycles. The average Bonchev–Trinajstić information content (AvgIpc) is 3.55. The van der Waals surface area contributed by atoms with Crippen LogP contribution in [-0.4, -0.2) is 18.3 Å². The maximum atomic E-state index is 7.47. The average molecular weight is 705 g/mol. The van der Waals surface area contributed by atoms with Crippen molar-refractivity contribution in [2.45, 2.75) is 68.5 Å². The van der Waals surface area contributed by atoms with Crippen molar-refractivity contribution in [1.82, 2.24) is 0 Å². The molecule has 1 spiro atoms. The Labute approximate surface area is 318 Å². The van der Waals surface area contributed by atoms with Crippen molar-refractivity contribution in [2.24, 2.45) is 16.8 Å². The molecule has 4 heteroatoms. The molecule has 11 rings (SSSR count). The molecule has 6 aliphatic rings. The Balaban J connectivity index is 1.16. The predicted octanol–water partition coefficient (Wildman–Crippen LogP) is 12.0. The highest BCUT2D eigenvalue weighted by molar-refractivity contribution is 5.77. The summed E-state index contributed by atoms with van der Waals surface area (Å²) in [4.78, 5) is 7.66. The fourth-order valence-corrected chi connectivity index (χ4v) is 11.1. The van der Waals surface area contributed by atoms with Crippen molar-refractivity contribution in [3.63, 3.8) is 0 Å². The van der Waals surface area contributed by atoms with Gasteiger partial charge in [0, 0.05) is 46.1 Å². The first kappa shape index (κ1) is 31.9. The van der Waals surface area contributed by atoms with Gasteiger partial charge in [-0.25, -0.2) is 0 Å². The summed E-state index contributed by atoms with van der Waals surface area (Å²) in [6.45, 7) is 4.98. The number of benzene rings is 5. The van der Waals surface area contributed by atoms with Crippen molar-refractivity contribution < 1.29 is 9.47 Å². The number of ether oxygens (including phenoxy) is 2. The number of hydrogen-bond acceptors (Lipinski definition) is 4. The lowest BCUT2D eigenvalue weighted by atomic mass is 9.59. The lowest BCUT2D eigenvalue weighted by Crippen LogP contribution is -2.48. The number of aliphatic imine (C=N–C) groups is 1. The van der Waals surface area contributed by atoms with E-state index in [1.54, 1.807) is 0 Å². The number of dihydropyridines is 1. The molecule has 1 fully saturated rings. The fourth-order valence-electron chi connectivity index (χ4n) is 11.1. The number of nitrogens with zero attached hydrogens (tertiary/aromatic N) is 2. The molecule has 0 aromatic heterocycles. The molecule has 54 heavy (non-hydrogen) atoms. The minimum absolute atomic E-state index is 0.0652. The van der Waals surface area contributed by atoms with Crippen LogP contribution in [0.5, 0.6) is 23.0 Å². The molecule has 4 heterocycles. The zero-order valence-corrected chi connectivity index (χ0v) is 30.8. The Bertz CT molecular complexity index is 2390. The highest BCUT2D eigenvalue weighted by Gasteiger charge is 2.55. The summed E-state index contributed by atoms with van der Waals surface area (Å²) < 4.78 is 14.2. The van der Waals surface area contributed by atoms with Crippen molar-refractivity contribution in [3.8, 4) is 23.0 Å². The molecule has 0 N–H and O–H groups in total. The molecule has 0 saturated heterocycles. The molecular weight excluding hydrogens is 661 g/mol. The number of anilines is 1. The van der Waals surface area contributed by atoms with Gasteiger partial charge in [-0.15, -0.1) is 0 Å². The Morgan fingerprint density at radius 3 is 2.15 bits per heavy atom. The van der Waals surface area contributed by atoms with E-state index in [-0.39, 0.29) is 12.0 Å². The summed E-state index contributed by atoms with van der Waals surface area (Å²) in [5.41, 5.74) is 9.35. The summed E-state index contributed by atoms with van der Waals surface area (Å²) in [6.07, 6.45) is 18.4. The van der Waals surface area contributed by atoms with Crippen LogP contribution in [0.15, 0.2) is 151 Å². The standard InChI is InChI=1S/C50H44N2O2/c1-31-29-43-48(35-17-6-9-23-42(35)52(43)34-15-4-3-5-16-34)47(32(31)2)36-18-14-21-40-49(36)54-46-30-33(41-22-12-13-28-51-41)26-27-39(46)50(40)37-19-7-10-24-44(37)53-45-25-11-8-20-38(45)50/h3-15,17-21,23-28,30-32,34,41,43,47-48H,16,22,29H2,1-2H3. The van der Waals surface area contributed by atoms with Gasteiger partial charge < -0.3 is 14.4 Å². The highest BCUT2D eigenvalue weighted by atomic mass is 16.5. The van der Waals surface area contributed by atoms with Crippen LogP contribution >= 0.6 is 0 Å². The molecule has 0 radical (unpaired) electrons. The fraction of sp³-hybridized carbons (Fsp3) is 0.260. The van der Waals surface area contributed by atoms with Crippen LogP contribution in [0.25, 0.3) is 0 Å². The lowest BCUT2D eigenvalue weighted by molar-refractivity contribution is 0.185. The van der Waals surface area contributed by atoms with E-state index in [4.69, 9.17) is 14.5 Å². The second-order valence-corrected chi connectivity index (χ2v) is 16.2. The van der Waals surface area contributed by atoms with E-state index in [0.717, 1.165) is 52.5 Å². The molecule has 0 bridgehead atoms.